The average molecular weight is 263 g/mol. The normalized spacial score (nSPS) is 14.8. The molecule has 5 N–H and O–H groups in total. The Balaban J connectivity index is 2.73. The van der Waals surface area contributed by atoms with Crippen molar-refractivity contribution in [3.63, 3.8) is 0 Å². The van der Waals surface area contributed by atoms with Crippen molar-refractivity contribution in [1.82, 2.24) is 5.32 Å². The summed E-state index contributed by atoms with van der Waals surface area (Å²) >= 11 is 0. The molecule has 1 rings (SSSR count). The number of nitrogens with one attached hydrogen (secondary N) is 1. The molecule has 0 aliphatic carbocycles. The lowest BCUT2D eigenvalue weighted by Gasteiger charge is -2.30. The molecule has 4 heteroatoms. The second kappa shape index (κ2) is 6.17. The highest BCUT2D eigenvalue weighted by molar-refractivity contribution is 5.87. The number of nitrogens with two attached hydrogens (primary N) is 2. The van der Waals surface area contributed by atoms with Crippen molar-refractivity contribution in [1.29, 1.82) is 0 Å². The summed E-state index contributed by atoms with van der Waals surface area (Å²) in [6.45, 7) is 6.20. The topological polar surface area (TPSA) is 81.1 Å². The molecule has 0 saturated heterocycles. The summed E-state index contributed by atoms with van der Waals surface area (Å²) < 4.78 is 0. The first-order valence-corrected chi connectivity index (χ1v) is 6.77. The lowest BCUT2D eigenvalue weighted by molar-refractivity contribution is -0.126. The smallest absolute Gasteiger partial charge is 0.244 e. The summed E-state index contributed by atoms with van der Waals surface area (Å²) in [5, 5.41) is 2.87. The van der Waals surface area contributed by atoms with Gasteiger partial charge in [0.2, 0.25) is 5.91 Å². The number of hydrogen-bond donors (Lipinski definition) is 3. The van der Waals surface area contributed by atoms with Crippen molar-refractivity contribution in [2.45, 2.75) is 44.7 Å². The lowest BCUT2D eigenvalue weighted by atomic mass is 9.90. The van der Waals surface area contributed by atoms with Gasteiger partial charge in [-0.1, -0.05) is 44.2 Å². The van der Waals surface area contributed by atoms with Gasteiger partial charge >= 0.3 is 0 Å². The quantitative estimate of drug-likeness (QED) is 0.727. The molecule has 1 aromatic carbocycles. The minimum absolute atomic E-state index is 0.199. The van der Waals surface area contributed by atoms with Crippen LogP contribution in [0.1, 0.15) is 39.2 Å². The van der Waals surface area contributed by atoms with Crippen LogP contribution in [0.2, 0.25) is 0 Å². The standard InChI is InChI=1S/C15H25N3O/c1-4-15(17,5-2)11-18-13(19)14(3,16)12-9-7-6-8-10-12/h6-10H,4-5,11,16-17H2,1-3H3,(H,18,19). The molecule has 0 spiro atoms. The van der Waals surface area contributed by atoms with Gasteiger partial charge in [0.1, 0.15) is 5.54 Å². The second-order valence-electron chi connectivity index (χ2n) is 5.32. The van der Waals surface area contributed by atoms with Crippen LogP contribution >= 0.6 is 0 Å². The minimum atomic E-state index is -1.04. The van der Waals surface area contributed by atoms with Gasteiger partial charge in [0.05, 0.1) is 0 Å². The predicted molar refractivity (Wildman–Crippen MR) is 78.5 cm³/mol. The number of carbonyl (C=O) groups excluding carboxylic acids is 1. The van der Waals surface area contributed by atoms with Crippen molar-refractivity contribution >= 4 is 5.91 Å². The molecule has 0 heterocycles. The molecule has 0 saturated carbocycles. The molecule has 1 aromatic rings. The lowest BCUT2D eigenvalue weighted by Crippen LogP contribution is -2.55. The predicted octanol–water partition coefficient (Wildman–Crippen LogP) is 1.49. The van der Waals surface area contributed by atoms with E-state index < -0.39 is 5.54 Å². The molecule has 0 aliphatic rings. The summed E-state index contributed by atoms with van der Waals surface area (Å²) in [6.07, 6.45) is 1.63. The zero-order valence-electron chi connectivity index (χ0n) is 12.1. The largest absolute Gasteiger partial charge is 0.352 e. The fraction of sp³-hybridized carbons (Fsp3) is 0.533. The first-order valence-electron chi connectivity index (χ1n) is 6.77. The van der Waals surface area contributed by atoms with E-state index in [-0.39, 0.29) is 11.4 Å². The van der Waals surface area contributed by atoms with Gasteiger partial charge < -0.3 is 16.8 Å². The van der Waals surface area contributed by atoms with Gasteiger partial charge in [0.15, 0.2) is 0 Å². The number of hydrogen-bond acceptors (Lipinski definition) is 3. The fourth-order valence-corrected chi connectivity index (χ4v) is 1.86. The van der Waals surface area contributed by atoms with E-state index in [1.807, 2.05) is 44.2 Å². The first kappa shape index (κ1) is 15.7. The summed E-state index contributed by atoms with van der Waals surface area (Å²) in [4.78, 5) is 12.3. The van der Waals surface area contributed by atoms with Gasteiger partial charge in [0.25, 0.3) is 0 Å². The van der Waals surface area contributed by atoms with Crippen LogP contribution in [0.4, 0.5) is 0 Å². The van der Waals surface area contributed by atoms with Crippen LogP contribution in [0.3, 0.4) is 0 Å². The maximum Gasteiger partial charge on any atom is 0.244 e. The van der Waals surface area contributed by atoms with E-state index in [1.54, 1.807) is 6.92 Å². The highest BCUT2D eigenvalue weighted by atomic mass is 16.2. The summed E-state index contributed by atoms with van der Waals surface area (Å²) in [5.41, 5.74) is 11.7. The van der Waals surface area contributed by atoms with Gasteiger partial charge in [-0.25, -0.2) is 0 Å². The fourth-order valence-electron chi connectivity index (χ4n) is 1.86. The highest BCUT2D eigenvalue weighted by Gasteiger charge is 2.31. The summed E-state index contributed by atoms with van der Waals surface area (Å²) in [6, 6.07) is 9.36. The molecule has 1 atom stereocenters. The molecular formula is C15H25N3O. The van der Waals surface area contributed by atoms with Gasteiger partial charge in [-0.2, -0.15) is 0 Å². The molecule has 4 nitrogen and oxygen atoms in total. The van der Waals surface area contributed by atoms with Gasteiger partial charge in [0, 0.05) is 12.1 Å². The maximum absolute atomic E-state index is 12.3. The number of benzene rings is 1. The van der Waals surface area contributed by atoms with Gasteiger partial charge in [-0.15, -0.1) is 0 Å². The number of carbonyl (C=O) groups is 1. The third-order valence-electron chi connectivity index (χ3n) is 3.85. The number of amides is 1. The molecule has 0 aliphatic heterocycles. The molecule has 0 bridgehead atoms. The third kappa shape index (κ3) is 3.78. The van der Waals surface area contributed by atoms with Crippen LogP contribution in [-0.4, -0.2) is 18.0 Å². The Morgan fingerprint density at radius 1 is 1.16 bits per heavy atom. The van der Waals surface area contributed by atoms with E-state index in [0.717, 1.165) is 18.4 Å². The van der Waals surface area contributed by atoms with Crippen molar-refractivity contribution in [2.24, 2.45) is 11.5 Å². The van der Waals surface area contributed by atoms with Crippen LogP contribution in [0, 0.1) is 0 Å². The Kier molecular flexibility index (Phi) is 5.09. The van der Waals surface area contributed by atoms with E-state index in [9.17, 15) is 4.79 Å². The van der Waals surface area contributed by atoms with E-state index >= 15 is 0 Å². The van der Waals surface area contributed by atoms with Crippen molar-refractivity contribution < 1.29 is 4.79 Å². The van der Waals surface area contributed by atoms with Gasteiger partial charge in [-0.05, 0) is 25.3 Å². The maximum atomic E-state index is 12.3. The first-order chi connectivity index (χ1) is 8.85. The molecule has 19 heavy (non-hydrogen) atoms. The monoisotopic (exact) mass is 263 g/mol. The Morgan fingerprint density at radius 2 is 1.68 bits per heavy atom. The van der Waals surface area contributed by atoms with E-state index in [4.69, 9.17) is 11.5 Å². The van der Waals surface area contributed by atoms with Gasteiger partial charge in [-0.3, -0.25) is 4.79 Å². The Labute approximate surface area is 115 Å². The Bertz CT molecular complexity index is 411. The molecule has 0 fully saturated rings. The van der Waals surface area contributed by atoms with E-state index in [1.165, 1.54) is 0 Å². The second-order valence-corrected chi connectivity index (χ2v) is 5.32. The van der Waals surface area contributed by atoms with E-state index in [0.29, 0.717) is 6.54 Å². The van der Waals surface area contributed by atoms with Crippen LogP contribution in [0.25, 0.3) is 0 Å². The number of rotatable bonds is 6. The van der Waals surface area contributed by atoms with Crippen molar-refractivity contribution in [3.05, 3.63) is 35.9 Å². The molecule has 1 unspecified atom stereocenters. The Morgan fingerprint density at radius 3 is 2.16 bits per heavy atom. The van der Waals surface area contributed by atoms with Crippen LogP contribution in [0.5, 0.6) is 0 Å². The molecule has 106 valence electrons. The third-order valence-corrected chi connectivity index (χ3v) is 3.85. The Hall–Kier alpha value is -1.39. The average Bonchev–Trinajstić information content (AvgIpc) is 2.45. The van der Waals surface area contributed by atoms with Crippen LogP contribution in [0.15, 0.2) is 30.3 Å². The molecule has 1 amide bonds. The SMILES string of the molecule is CCC(N)(CC)CNC(=O)C(C)(N)c1ccccc1. The molecule has 0 radical (unpaired) electrons. The summed E-state index contributed by atoms with van der Waals surface area (Å²) in [5.74, 6) is -0.199. The minimum Gasteiger partial charge on any atom is -0.352 e. The van der Waals surface area contributed by atoms with Crippen molar-refractivity contribution in [3.8, 4) is 0 Å². The van der Waals surface area contributed by atoms with Crippen LogP contribution in [-0.2, 0) is 10.3 Å². The van der Waals surface area contributed by atoms with Crippen molar-refractivity contribution in [2.75, 3.05) is 6.54 Å². The highest BCUT2D eigenvalue weighted by Crippen LogP contribution is 2.18. The zero-order chi connectivity index (χ0) is 14.5. The molecule has 0 aromatic heterocycles. The van der Waals surface area contributed by atoms with Crippen LogP contribution < -0.4 is 16.8 Å². The zero-order valence-corrected chi connectivity index (χ0v) is 12.1. The van der Waals surface area contributed by atoms with E-state index in [2.05, 4.69) is 5.32 Å². The summed E-state index contributed by atoms with van der Waals surface area (Å²) in [7, 11) is 0. The molecular weight excluding hydrogens is 238 g/mol.